The Morgan fingerprint density at radius 1 is 1.18 bits per heavy atom. The van der Waals surface area contributed by atoms with Crippen LogP contribution in [0.15, 0.2) is 24.4 Å². The van der Waals surface area contributed by atoms with Crippen molar-refractivity contribution >= 4 is 45.4 Å². The molecule has 9 nitrogen and oxygen atoms in total. The standard InChI is InChI=1S/C30H37N5O4/c1-17(28(37)38)18-4-6-19(7-5-18)20-8-9-21-23(14-20)33-25-22(26(31)36)15-32-27(24(21)25)35-12-3-10-30(16-35)11-13-34(2)29(30)39/h8-9,14-15,17-19,33H,3-7,10-13,16H2,1-2H3,(H2,31,36)(H,37,38)/t17?,18?,19?,30-/m1/s1. The average Bonchev–Trinajstić information content (AvgIpc) is 3.45. The third-order valence-electron chi connectivity index (χ3n) is 9.84. The summed E-state index contributed by atoms with van der Waals surface area (Å²) in [6.07, 6.45) is 7.96. The average molecular weight is 532 g/mol. The van der Waals surface area contributed by atoms with E-state index in [0.29, 0.717) is 23.5 Å². The highest BCUT2D eigenvalue weighted by Gasteiger charge is 2.48. The van der Waals surface area contributed by atoms with E-state index in [1.165, 1.54) is 5.56 Å². The summed E-state index contributed by atoms with van der Waals surface area (Å²) in [7, 11) is 1.88. The van der Waals surface area contributed by atoms with Crippen LogP contribution in [0.4, 0.5) is 5.82 Å². The number of anilines is 1. The highest BCUT2D eigenvalue weighted by Crippen LogP contribution is 2.44. The van der Waals surface area contributed by atoms with Crippen LogP contribution in [0.2, 0.25) is 0 Å². The van der Waals surface area contributed by atoms with Crippen LogP contribution in [-0.2, 0) is 9.59 Å². The van der Waals surface area contributed by atoms with Gasteiger partial charge in [0.05, 0.1) is 27.8 Å². The number of likely N-dealkylation sites (tertiary alicyclic amines) is 1. The Morgan fingerprint density at radius 2 is 1.95 bits per heavy atom. The highest BCUT2D eigenvalue weighted by molar-refractivity contribution is 6.18. The van der Waals surface area contributed by atoms with Gasteiger partial charge in [-0.1, -0.05) is 19.1 Å². The third-order valence-corrected chi connectivity index (χ3v) is 9.84. The molecule has 1 saturated carbocycles. The molecule has 4 heterocycles. The topological polar surface area (TPSA) is 133 Å². The van der Waals surface area contributed by atoms with E-state index in [0.717, 1.165) is 80.1 Å². The number of nitrogens with two attached hydrogens (primary N) is 1. The first-order chi connectivity index (χ1) is 18.7. The molecule has 2 amide bonds. The van der Waals surface area contributed by atoms with Crippen molar-refractivity contribution in [3.8, 4) is 0 Å². The molecular formula is C30H37N5O4. The van der Waals surface area contributed by atoms with Gasteiger partial charge in [0, 0.05) is 43.8 Å². The fourth-order valence-corrected chi connectivity index (χ4v) is 7.43. The second-order valence-electron chi connectivity index (χ2n) is 12.1. The fraction of sp³-hybridized carbons (Fsp3) is 0.533. The van der Waals surface area contributed by atoms with E-state index in [2.05, 4.69) is 28.1 Å². The normalized spacial score (nSPS) is 26.6. The van der Waals surface area contributed by atoms with Crippen molar-refractivity contribution in [1.29, 1.82) is 0 Å². The van der Waals surface area contributed by atoms with Gasteiger partial charge in [-0.25, -0.2) is 4.98 Å². The molecule has 2 saturated heterocycles. The Labute approximate surface area is 227 Å². The number of fused-ring (bicyclic) bond motifs is 3. The third kappa shape index (κ3) is 4.22. The molecule has 1 spiro atoms. The zero-order valence-electron chi connectivity index (χ0n) is 22.7. The van der Waals surface area contributed by atoms with Crippen molar-refractivity contribution < 1.29 is 19.5 Å². The van der Waals surface area contributed by atoms with E-state index in [4.69, 9.17) is 10.7 Å². The van der Waals surface area contributed by atoms with Crippen molar-refractivity contribution in [2.24, 2.45) is 23.0 Å². The summed E-state index contributed by atoms with van der Waals surface area (Å²) < 4.78 is 0. The SMILES string of the molecule is CC(C(=O)O)C1CCC(c2ccc3c(c2)[nH]c2c(C(N)=O)cnc(N4CCC[C@@]5(CCN(C)C5=O)C4)c23)CC1. The summed E-state index contributed by atoms with van der Waals surface area (Å²) in [6, 6.07) is 6.44. The number of carboxylic acid groups (broad SMARTS) is 1. The van der Waals surface area contributed by atoms with Crippen LogP contribution in [-0.4, -0.2) is 64.4 Å². The number of primary amides is 1. The van der Waals surface area contributed by atoms with Crippen LogP contribution < -0.4 is 10.6 Å². The lowest BCUT2D eigenvalue weighted by atomic mass is 9.74. The maximum absolute atomic E-state index is 13.1. The molecule has 0 bridgehead atoms. The predicted molar refractivity (Wildman–Crippen MR) is 150 cm³/mol. The summed E-state index contributed by atoms with van der Waals surface area (Å²) in [5, 5.41) is 11.3. The molecule has 1 unspecified atom stereocenters. The van der Waals surface area contributed by atoms with Gasteiger partial charge < -0.3 is 25.6 Å². The molecule has 3 aliphatic rings. The van der Waals surface area contributed by atoms with E-state index < -0.39 is 11.9 Å². The minimum absolute atomic E-state index is 0.216. The summed E-state index contributed by atoms with van der Waals surface area (Å²) in [5.74, 6) is 0.0530. The number of H-pyrrole nitrogens is 1. The number of nitrogens with zero attached hydrogens (tertiary/aromatic N) is 3. The van der Waals surface area contributed by atoms with E-state index in [9.17, 15) is 19.5 Å². The van der Waals surface area contributed by atoms with E-state index >= 15 is 0 Å². The van der Waals surface area contributed by atoms with Crippen molar-refractivity contribution in [3.05, 3.63) is 35.5 Å². The molecule has 206 valence electrons. The lowest BCUT2D eigenvalue weighted by Gasteiger charge is -2.39. The number of aliphatic carboxylic acids is 1. The number of carboxylic acids is 1. The largest absolute Gasteiger partial charge is 0.481 e. The first kappa shape index (κ1) is 25.6. The van der Waals surface area contributed by atoms with Crippen molar-refractivity contribution in [1.82, 2.24) is 14.9 Å². The molecule has 1 aromatic carbocycles. The van der Waals surface area contributed by atoms with Gasteiger partial charge in [0.25, 0.3) is 5.91 Å². The number of hydrogen-bond donors (Lipinski definition) is 3. The number of carbonyl (C=O) groups excluding carboxylic acids is 2. The second kappa shape index (κ2) is 9.54. The van der Waals surface area contributed by atoms with E-state index in [1.807, 2.05) is 18.9 Å². The maximum atomic E-state index is 13.1. The van der Waals surface area contributed by atoms with Crippen LogP contribution >= 0.6 is 0 Å². The summed E-state index contributed by atoms with van der Waals surface area (Å²) in [6.45, 7) is 4.02. The summed E-state index contributed by atoms with van der Waals surface area (Å²) >= 11 is 0. The molecule has 4 N–H and O–H groups in total. The molecule has 9 heteroatoms. The molecule has 39 heavy (non-hydrogen) atoms. The molecular weight excluding hydrogens is 494 g/mol. The zero-order chi connectivity index (χ0) is 27.5. The number of aromatic nitrogens is 2. The van der Waals surface area contributed by atoms with Gasteiger partial charge in [0.2, 0.25) is 5.91 Å². The first-order valence-electron chi connectivity index (χ1n) is 14.2. The zero-order valence-corrected chi connectivity index (χ0v) is 22.7. The second-order valence-corrected chi connectivity index (χ2v) is 12.1. The van der Waals surface area contributed by atoms with Gasteiger partial charge in [0.1, 0.15) is 5.82 Å². The molecule has 1 aliphatic carbocycles. The predicted octanol–water partition coefficient (Wildman–Crippen LogP) is 4.26. The number of aromatic amines is 1. The molecule has 6 rings (SSSR count). The fourth-order valence-electron chi connectivity index (χ4n) is 7.43. The van der Waals surface area contributed by atoms with Gasteiger partial charge in [-0.15, -0.1) is 0 Å². The van der Waals surface area contributed by atoms with E-state index in [1.54, 1.807) is 6.20 Å². The number of rotatable bonds is 5. The van der Waals surface area contributed by atoms with Crippen LogP contribution in [0.25, 0.3) is 21.8 Å². The molecule has 2 atom stereocenters. The van der Waals surface area contributed by atoms with Crippen molar-refractivity contribution in [3.63, 3.8) is 0 Å². The molecule has 3 fully saturated rings. The number of pyridine rings is 1. The quantitative estimate of drug-likeness (QED) is 0.451. The Bertz CT molecular complexity index is 1470. The minimum atomic E-state index is -0.712. The summed E-state index contributed by atoms with van der Waals surface area (Å²) in [4.78, 5) is 49.2. The van der Waals surface area contributed by atoms with Crippen LogP contribution in [0, 0.1) is 17.3 Å². The molecule has 2 aromatic heterocycles. The Morgan fingerprint density at radius 3 is 2.62 bits per heavy atom. The Kier molecular flexibility index (Phi) is 6.27. The number of hydrogen-bond acceptors (Lipinski definition) is 5. The molecule has 0 radical (unpaired) electrons. The number of amides is 2. The number of piperidine rings is 1. The van der Waals surface area contributed by atoms with Crippen molar-refractivity contribution in [2.45, 2.75) is 57.8 Å². The van der Waals surface area contributed by atoms with Crippen molar-refractivity contribution in [2.75, 3.05) is 31.6 Å². The lowest BCUT2D eigenvalue weighted by molar-refractivity contribution is -0.143. The number of carbonyl (C=O) groups is 3. The Balaban J connectivity index is 1.36. The highest BCUT2D eigenvalue weighted by atomic mass is 16.4. The molecule has 2 aliphatic heterocycles. The maximum Gasteiger partial charge on any atom is 0.306 e. The monoisotopic (exact) mass is 531 g/mol. The summed E-state index contributed by atoms with van der Waals surface area (Å²) in [5.41, 5.74) is 8.59. The van der Waals surface area contributed by atoms with Gasteiger partial charge in [-0.2, -0.15) is 0 Å². The Hall–Kier alpha value is -3.62. The van der Waals surface area contributed by atoms with Crippen LogP contribution in [0.3, 0.4) is 0 Å². The number of benzene rings is 1. The lowest BCUT2D eigenvalue weighted by Crippen LogP contribution is -2.47. The smallest absolute Gasteiger partial charge is 0.306 e. The van der Waals surface area contributed by atoms with E-state index in [-0.39, 0.29) is 23.2 Å². The van der Waals surface area contributed by atoms with Crippen LogP contribution in [0.5, 0.6) is 0 Å². The van der Waals surface area contributed by atoms with Crippen LogP contribution in [0.1, 0.15) is 73.7 Å². The first-order valence-corrected chi connectivity index (χ1v) is 14.2. The molecule has 3 aromatic rings. The minimum Gasteiger partial charge on any atom is -0.481 e. The number of nitrogens with one attached hydrogen (secondary N) is 1. The van der Waals surface area contributed by atoms with Gasteiger partial charge in [0.15, 0.2) is 0 Å². The van der Waals surface area contributed by atoms with Gasteiger partial charge in [-0.05, 0) is 68.4 Å². The van der Waals surface area contributed by atoms with Gasteiger partial charge >= 0.3 is 5.97 Å². The van der Waals surface area contributed by atoms with Gasteiger partial charge in [-0.3, -0.25) is 14.4 Å².